The predicted octanol–water partition coefficient (Wildman–Crippen LogP) is 3.10. The van der Waals surface area contributed by atoms with Gasteiger partial charge in [0.2, 0.25) is 0 Å². The number of aryl methyl sites for hydroxylation is 1. The summed E-state index contributed by atoms with van der Waals surface area (Å²) in [5.41, 5.74) is 2.54. The van der Waals surface area contributed by atoms with Gasteiger partial charge < -0.3 is 15.4 Å². The first-order valence-electron chi connectivity index (χ1n) is 8.55. The van der Waals surface area contributed by atoms with E-state index < -0.39 is 11.7 Å². The van der Waals surface area contributed by atoms with Gasteiger partial charge >= 0.3 is 6.09 Å². The Kier molecular flexibility index (Phi) is 6.33. The number of anilines is 2. The topological polar surface area (TPSA) is 105 Å². The molecule has 0 saturated carbocycles. The normalized spacial score (nSPS) is 10.9. The number of carbonyl (C=O) groups excluding carboxylic acids is 2. The second kappa shape index (κ2) is 8.48. The number of hydrogen-bond donors (Lipinski definition) is 3. The van der Waals surface area contributed by atoms with Crippen molar-refractivity contribution in [2.24, 2.45) is 0 Å². The van der Waals surface area contributed by atoms with E-state index in [-0.39, 0.29) is 5.91 Å². The van der Waals surface area contributed by atoms with Crippen LogP contribution in [0.25, 0.3) is 0 Å². The highest BCUT2D eigenvalue weighted by Gasteiger charge is 2.16. The average molecular weight is 371 g/mol. The van der Waals surface area contributed by atoms with Crippen molar-refractivity contribution in [2.45, 2.75) is 39.8 Å². The minimum atomic E-state index is -0.581. The van der Waals surface area contributed by atoms with Crippen LogP contribution in [0.4, 0.5) is 16.3 Å². The van der Waals surface area contributed by atoms with Crippen LogP contribution in [0.5, 0.6) is 0 Å². The third-order valence-corrected chi connectivity index (χ3v) is 3.52. The Balaban J connectivity index is 1.97. The lowest BCUT2D eigenvalue weighted by atomic mass is 10.1. The van der Waals surface area contributed by atoms with Gasteiger partial charge in [-0.25, -0.2) is 9.78 Å². The number of benzene rings is 1. The lowest BCUT2D eigenvalue weighted by molar-refractivity contribution is 0.0635. The zero-order valence-electron chi connectivity index (χ0n) is 16.2. The molecule has 8 heteroatoms. The van der Waals surface area contributed by atoms with E-state index in [4.69, 9.17) is 4.74 Å². The van der Waals surface area contributed by atoms with Gasteiger partial charge in [-0.05, 0) is 45.4 Å². The van der Waals surface area contributed by atoms with E-state index in [2.05, 4.69) is 25.9 Å². The van der Waals surface area contributed by atoms with Gasteiger partial charge in [0, 0.05) is 18.3 Å². The number of hydrogen-bond acceptors (Lipinski definition) is 6. The van der Waals surface area contributed by atoms with Gasteiger partial charge in [-0.1, -0.05) is 6.07 Å². The molecule has 8 nitrogen and oxygen atoms in total. The van der Waals surface area contributed by atoms with E-state index in [9.17, 15) is 9.59 Å². The summed E-state index contributed by atoms with van der Waals surface area (Å²) in [6.07, 6.45) is 2.45. The number of nitrogens with zero attached hydrogens (tertiary/aromatic N) is 2. The van der Waals surface area contributed by atoms with Crippen LogP contribution in [0.1, 0.15) is 42.4 Å². The molecule has 3 N–H and O–H groups in total. The van der Waals surface area contributed by atoms with Crippen LogP contribution in [-0.4, -0.2) is 34.6 Å². The van der Waals surface area contributed by atoms with E-state index in [1.807, 2.05) is 13.0 Å². The molecule has 1 aromatic heterocycles. The van der Waals surface area contributed by atoms with Crippen LogP contribution in [0.2, 0.25) is 0 Å². The van der Waals surface area contributed by atoms with Crippen LogP contribution in [-0.2, 0) is 11.3 Å². The smallest absolute Gasteiger partial charge is 0.413 e. The molecule has 2 amide bonds. The van der Waals surface area contributed by atoms with Crippen LogP contribution < -0.4 is 16.0 Å². The monoisotopic (exact) mass is 371 g/mol. The van der Waals surface area contributed by atoms with Gasteiger partial charge in [0.25, 0.3) is 5.91 Å². The fourth-order valence-electron chi connectivity index (χ4n) is 2.20. The molecule has 0 bridgehead atoms. The Morgan fingerprint density at radius 1 is 1.15 bits per heavy atom. The van der Waals surface area contributed by atoms with Crippen molar-refractivity contribution in [3.63, 3.8) is 0 Å². The molecule has 1 heterocycles. The summed E-state index contributed by atoms with van der Waals surface area (Å²) in [6, 6.07) is 5.45. The largest absolute Gasteiger partial charge is 0.444 e. The third kappa shape index (κ3) is 6.25. The van der Waals surface area contributed by atoms with Crippen LogP contribution in [0.15, 0.2) is 30.6 Å². The van der Waals surface area contributed by atoms with Gasteiger partial charge in [-0.3, -0.25) is 15.1 Å². The van der Waals surface area contributed by atoms with Crippen LogP contribution in [0.3, 0.4) is 0 Å². The molecule has 144 valence electrons. The van der Waals surface area contributed by atoms with E-state index in [0.717, 1.165) is 11.3 Å². The second-order valence-corrected chi connectivity index (χ2v) is 6.98. The van der Waals surface area contributed by atoms with Crippen molar-refractivity contribution < 1.29 is 14.3 Å². The summed E-state index contributed by atoms with van der Waals surface area (Å²) in [7, 11) is 1.59. The van der Waals surface area contributed by atoms with E-state index >= 15 is 0 Å². The van der Waals surface area contributed by atoms with Gasteiger partial charge in [-0.2, -0.15) is 0 Å². The standard InChI is InChI=1S/C19H25N5O3/c1-12-6-7-13(17(25)20-5)8-15(12)22-9-14-10-23-16(11-21-14)24-18(26)27-19(2,3)4/h6-8,10-11,22H,9H2,1-5H3,(H,20,25)(H,23,24,26). The number of nitrogens with one attached hydrogen (secondary N) is 3. The summed E-state index contributed by atoms with van der Waals surface area (Å²) in [5.74, 6) is 0.168. The maximum atomic E-state index is 11.8. The first-order valence-corrected chi connectivity index (χ1v) is 8.55. The zero-order chi connectivity index (χ0) is 20.0. The highest BCUT2D eigenvalue weighted by molar-refractivity contribution is 5.95. The number of carbonyl (C=O) groups is 2. The first-order chi connectivity index (χ1) is 12.7. The van der Waals surface area contributed by atoms with E-state index in [0.29, 0.717) is 23.6 Å². The molecule has 1 aromatic carbocycles. The molecule has 2 rings (SSSR count). The van der Waals surface area contributed by atoms with E-state index in [1.54, 1.807) is 46.1 Å². The quantitative estimate of drug-likeness (QED) is 0.746. The fourth-order valence-corrected chi connectivity index (χ4v) is 2.20. The Morgan fingerprint density at radius 2 is 1.89 bits per heavy atom. The lowest BCUT2D eigenvalue weighted by Gasteiger charge is -2.19. The fraction of sp³-hybridized carbons (Fsp3) is 0.368. The first kappa shape index (κ1) is 20.2. The Bertz CT molecular complexity index is 813. The third-order valence-electron chi connectivity index (χ3n) is 3.52. The van der Waals surface area contributed by atoms with Gasteiger partial charge in [0.05, 0.1) is 24.6 Å². The molecule has 0 saturated heterocycles. The summed E-state index contributed by atoms with van der Waals surface area (Å²) < 4.78 is 5.17. The number of aromatic nitrogens is 2. The molecule has 0 aliphatic rings. The molecule has 0 spiro atoms. The average Bonchev–Trinajstić information content (AvgIpc) is 2.60. The maximum absolute atomic E-state index is 11.8. The predicted molar refractivity (Wildman–Crippen MR) is 104 cm³/mol. The van der Waals surface area contributed by atoms with Gasteiger partial charge in [0.1, 0.15) is 5.60 Å². The van der Waals surface area contributed by atoms with Crippen molar-refractivity contribution in [2.75, 3.05) is 17.7 Å². The highest BCUT2D eigenvalue weighted by Crippen LogP contribution is 2.18. The molecule has 0 radical (unpaired) electrons. The van der Waals surface area contributed by atoms with Crippen molar-refractivity contribution in [1.82, 2.24) is 15.3 Å². The molecule has 27 heavy (non-hydrogen) atoms. The minimum absolute atomic E-state index is 0.143. The minimum Gasteiger partial charge on any atom is -0.444 e. The lowest BCUT2D eigenvalue weighted by Crippen LogP contribution is -2.27. The molecule has 0 aliphatic carbocycles. The molecule has 0 aliphatic heterocycles. The molecule has 2 aromatic rings. The molecule has 0 unspecified atom stereocenters. The Morgan fingerprint density at radius 3 is 2.48 bits per heavy atom. The molecule has 0 fully saturated rings. The Hall–Kier alpha value is -3.16. The van der Waals surface area contributed by atoms with E-state index in [1.165, 1.54) is 6.20 Å². The summed E-state index contributed by atoms with van der Waals surface area (Å²) in [5, 5.41) is 8.38. The molecular formula is C19H25N5O3. The number of rotatable bonds is 5. The molecule has 0 atom stereocenters. The summed E-state index contributed by atoms with van der Waals surface area (Å²) in [6.45, 7) is 7.74. The maximum Gasteiger partial charge on any atom is 0.413 e. The van der Waals surface area contributed by atoms with Crippen LogP contribution >= 0.6 is 0 Å². The summed E-state index contributed by atoms with van der Waals surface area (Å²) in [4.78, 5) is 31.9. The van der Waals surface area contributed by atoms with Crippen LogP contribution in [0, 0.1) is 6.92 Å². The van der Waals surface area contributed by atoms with Gasteiger partial charge in [0.15, 0.2) is 5.82 Å². The van der Waals surface area contributed by atoms with Gasteiger partial charge in [-0.15, -0.1) is 0 Å². The highest BCUT2D eigenvalue weighted by atomic mass is 16.6. The SMILES string of the molecule is CNC(=O)c1ccc(C)c(NCc2cnc(NC(=O)OC(C)(C)C)cn2)c1. The zero-order valence-corrected chi connectivity index (χ0v) is 16.2. The Labute approximate surface area is 158 Å². The second-order valence-electron chi connectivity index (χ2n) is 6.98. The number of amides is 2. The summed E-state index contributed by atoms with van der Waals surface area (Å²) >= 11 is 0. The van der Waals surface area contributed by atoms with Crippen molar-refractivity contribution in [1.29, 1.82) is 0 Å². The van der Waals surface area contributed by atoms with Crippen molar-refractivity contribution in [3.05, 3.63) is 47.4 Å². The number of ether oxygens (including phenoxy) is 1. The van der Waals surface area contributed by atoms with Crippen molar-refractivity contribution in [3.8, 4) is 0 Å². The molecular weight excluding hydrogens is 346 g/mol. The van der Waals surface area contributed by atoms with Crippen molar-refractivity contribution >= 4 is 23.5 Å².